The fourth-order valence-electron chi connectivity index (χ4n) is 5.12. The van der Waals surface area contributed by atoms with Crippen molar-refractivity contribution in [2.24, 2.45) is 29.6 Å². The Kier molecular flexibility index (Phi) is 3.05. The van der Waals surface area contributed by atoms with E-state index in [0.717, 1.165) is 34.6 Å². The van der Waals surface area contributed by atoms with Crippen LogP contribution >= 0.6 is 38.9 Å². The van der Waals surface area contributed by atoms with Gasteiger partial charge in [-0.25, -0.2) is 0 Å². The fraction of sp³-hybridized carbons (Fsp3) is 0.733. The van der Waals surface area contributed by atoms with E-state index in [9.17, 15) is 0 Å². The summed E-state index contributed by atoms with van der Waals surface area (Å²) >= 11 is 12.1. The SMILES string of the molecule is Clc1ccsc1C(Br)C1C2CC3CC(C2)CC1C3. The molecule has 0 aromatic carbocycles. The standard InChI is InChI=1S/C15H18BrClS/c16-14(15-12(17)1-2-18-15)13-10-4-8-3-9(6-10)7-11(13)5-8/h1-2,8-11,13-14H,3-7H2. The molecule has 4 aliphatic rings. The van der Waals surface area contributed by atoms with Gasteiger partial charge in [-0.05, 0) is 73.1 Å². The lowest BCUT2D eigenvalue weighted by atomic mass is 9.51. The van der Waals surface area contributed by atoms with Crippen molar-refractivity contribution in [1.82, 2.24) is 0 Å². The van der Waals surface area contributed by atoms with Gasteiger partial charge in [0.05, 0.1) is 9.85 Å². The van der Waals surface area contributed by atoms with Crippen LogP contribution in [-0.2, 0) is 0 Å². The van der Waals surface area contributed by atoms with Crippen LogP contribution < -0.4 is 0 Å². The Morgan fingerprint density at radius 2 is 1.72 bits per heavy atom. The number of thiophene rings is 1. The zero-order chi connectivity index (χ0) is 12.3. The summed E-state index contributed by atoms with van der Waals surface area (Å²) < 4.78 is 0. The predicted molar refractivity (Wildman–Crippen MR) is 81.5 cm³/mol. The lowest BCUT2D eigenvalue weighted by Crippen LogP contribution is -2.46. The third-order valence-electron chi connectivity index (χ3n) is 5.53. The maximum absolute atomic E-state index is 6.33. The van der Waals surface area contributed by atoms with E-state index < -0.39 is 0 Å². The summed E-state index contributed by atoms with van der Waals surface area (Å²) in [4.78, 5) is 1.87. The van der Waals surface area contributed by atoms with Crippen LogP contribution in [0.3, 0.4) is 0 Å². The first-order valence-corrected chi connectivity index (χ1v) is 9.26. The first-order valence-electron chi connectivity index (χ1n) is 7.09. The van der Waals surface area contributed by atoms with Crippen LogP contribution in [0.15, 0.2) is 11.4 Å². The van der Waals surface area contributed by atoms with Crippen LogP contribution in [0.4, 0.5) is 0 Å². The van der Waals surface area contributed by atoms with Gasteiger partial charge < -0.3 is 0 Å². The predicted octanol–water partition coefficient (Wildman–Crippen LogP) is 5.91. The lowest BCUT2D eigenvalue weighted by Gasteiger charge is -2.55. The molecule has 4 fully saturated rings. The molecule has 4 bridgehead atoms. The highest BCUT2D eigenvalue weighted by molar-refractivity contribution is 9.09. The largest absolute Gasteiger partial charge is 0.146 e. The fourth-order valence-corrected chi connectivity index (χ4v) is 7.90. The van der Waals surface area contributed by atoms with Gasteiger partial charge in [0.1, 0.15) is 0 Å². The molecular formula is C15H18BrClS. The average Bonchev–Trinajstić information content (AvgIpc) is 2.73. The van der Waals surface area contributed by atoms with Crippen molar-refractivity contribution in [3.63, 3.8) is 0 Å². The highest BCUT2D eigenvalue weighted by Crippen LogP contribution is 2.61. The second-order valence-corrected chi connectivity index (χ2v) is 8.88. The molecule has 1 atom stereocenters. The zero-order valence-electron chi connectivity index (χ0n) is 10.3. The summed E-state index contributed by atoms with van der Waals surface area (Å²) in [6, 6.07) is 2.05. The second kappa shape index (κ2) is 4.49. The Morgan fingerprint density at radius 3 is 2.22 bits per heavy atom. The number of hydrogen-bond donors (Lipinski definition) is 0. The van der Waals surface area contributed by atoms with Crippen molar-refractivity contribution in [3.8, 4) is 0 Å². The van der Waals surface area contributed by atoms with E-state index in [1.54, 1.807) is 0 Å². The van der Waals surface area contributed by atoms with Crippen LogP contribution in [0.1, 0.15) is 41.8 Å². The Balaban J connectivity index is 1.63. The molecule has 1 aromatic rings. The Labute approximate surface area is 126 Å². The number of rotatable bonds is 2. The second-order valence-electron chi connectivity index (χ2n) is 6.54. The minimum absolute atomic E-state index is 0.500. The van der Waals surface area contributed by atoms with Gasteiger partial charge in [-0.3, -0.25) is 0 Å². The highest BCUT2D eigenvalue weighted by atomic mass is 79.9. The van der Waals surface area contributed by atoms with Crippen molar-refractivity contribution in [2.45, 2.75) is 36.9 Å². The molecular weight excluding hydrogens is 328 g/mol. The summed E-state index contributed by atoms with van der Waals surface area (Å²) in [6.45, 7) is 0. The number of alkyl halides is 1. The smallest absolute Gasteiger partial charge is 0.0556 e. The van der Waals surface area contributed by atoms with Gasteiger partial charge in [-0.15, -0.1) is 11.3 Å². The Bertz CT molecular complexity index is 427. The summed E-state index contributed by atoms with van der Waals surface area (Å²) in [5.41, 5.74) is 0. The summed E-state index contributed by atoms with van der Waals surface area (Å²) in [5.74, 6) is 4.88. The lowest BCUT2D eigenvalue weighted by molar-refractivity contribution is -0.0361. The van der Waals surface area contributed by atoms with Crippen molar-refractivity contribution in [1.29, 1.82) is 0 Å². The molecule has 18 heavy (non-hydrogen) atoms. The van der Waals surface area contributed by atoms with Crippen molar-refractivity contribution in [2.75, 3.05) is 0 Å². The molecule has 0 aliphatic heterocycles. The van der Waals surface area contributed by atoms with Crippen LogP contribution in [-0.4, -0.2) is 0 Å². The van der Waals surface area contributed by atoms with Gasteiger partial charge in [-0.2, -0.15) is 0 Å². The molecule has 3 heteroatoms. The Hall–Kier alpha value is 0.470. The molecule has 4 saturated carbocycles. The van der Waals surface area contributed by atoms with Gasteiger partial charge in [0.25, 0.3) is 0 Å². The van der Waals surface area contributed by atoms with Gasteiger partial charge in [0.2, 0.25) is 0 Å². The Morgan fingerprint density at radius 1 is 1.11 bits per heavy atom. The third kappa shape index (κ3) is 1.83. The maximum Gasteiger partial charge on any atom is 0.0556 e. The van der Waals surface area contributed by atoms with Crippen LogP contribution in [0.2, 0.25) is 5.02 Å². The summed E-state index contributed by atoms with van der Waals surface area (Å²) in [5, 5.41) is 3.10. The first kappa shape index (κ1) is 12.2. The average molecular weight is 346 g/mol. The molecule has 0 spiro atoms. The maximum atomic E-state index is 6.33. The van der Waals surface area contributed by atoms with E-state index >= 15 is 0 Å². The van der Waals surface area contributed by atoms with E-state index in [4.69, 9.17) is 11.6 Å². The topological polar surface area (TPSA) is 0 Å². The van der Waals surface area contributed by atoms with Crippen molar-refractivity contribution < 1.29 is 0 Å². The number of hydrogen-bond acceptors (Lipinski definition) is 1. The van der Waals surface area contributed by atoms with Crippen LogP contribution in [0.25, 0.3) is 0 Å². The normalized spacial score (nSPS) is 43.3. The molecule has 4 aliphatic carbocycles. The zero-order valence-corrected chi connectivity index (χ0v) is 13.5. The molecule has 0 nitrogen and oxygen atoms in total. The molecule has 5 rings (SSSR count). The summed E-state index contributed by atoms with van der Waals surface area (Å²) in [6.07, 6.45) is 7.49. The molecule has 1 unspecified atom stereocenters. The third-order valence-corrected chi connectivity index (χ3v) is 8.35. The van der Waals surface area contributed by atoms with Crippen molar-refractivity contribution >= 4 is 38.9 Å². The van der Waals surface area contributed by atoms with E-state index in [1.807, 2.05) is 17.4 Å². The van der Waals surface area contributed by atoms with Crippen LogP contribution in [0.5, 0.6) is 0 Å². The monoisotopic (exact) mass is 344 g/mol. The van der Waals surface area contributed by atoms with Crippen LogP contribution in [0, 0.1) is 29.6 Å². The molecule has 98 valence electrons. The highest BCUT2D eigenvalue weighted by Gasteiger charge is 2.50. The molecule has 0 amide bonds. The molecule has 1 heterocycles. The number of halogens is 2. The minimum atomic E-state index is 0.500. The molecule has 0 radical (unpaired) electrons. The molecule has 0 saturated heterocycles. The van der Waals surface area contributed by atoms with E-state index in [2.05, 4.69) is 21.3 Å². The molecule has 1 aromatic heterocycles. The van der Waals surface area contributed by atoms with Crippen molar-refractivity contribution in [3.05, 3.63) is 21.3 Å². The van der Waals surface area contributed by atoms with E-state index in [0.29, 0.717) is 4.83 Å². The van der Waals surface area contributed by atoms with Gasteiger partial charge in [0.15, 0.2) is 0 Å². The minimum Gasteiger partial charge on any atom is -0.146 e. The van der Waals surface area contributed by atoms with Gasteiger partial charge in [-0.1, -0.05) is 27.5 Å². The first-order chi connectivity index (χ1) is 8.72. The van der Waals surface area contributed by atoms with E-state index in [-0.39, 0.29) is 0 Å². The van der Waals surface area contributed by atoms with Gasteiger partial charge in [0, 0.05) is 4.88 Å². The van der Waals surface area contributed by atoms with Gasteiger partial charge >= 0.3 is 0 Å². The summed E-state index contributed by atoms with van der Waals surface area (Å²) in [7, 11) is 0. The van der Waals surface area contributed by atoms with E-state index in [1.165, 1.54) is 37.0 Å². The quantitative estimate of drug-likeness (QED) is 0.584. The molecule has 0 N–H and O–H groups in total.